The average molecular weight is 426 g/mol. The van der Waals surface area contributed by atoms with E-state index in [0.29, 0.717) is 19.4 Å². The van der Waals surface area contributed by atoms with Crippen molar-refractivity contribution in [1.82, 2.24) is 10.6 Å². The topological polar surface area (TPSA) is 114 Å². The molecule has 0 fully saturated rings. The van der Waals surface area contributed by atoms with E-state index < -0.39 is 24.2 Å². The van der Waals surface area contributed by atoms with E-state index in [-0.39, 0.29) is 18.9 Å². The van der Waals surface area contributed by atoms with Crippen LogP contribution in [0, 0.1) is 0 Å². The van der Waals surface area contributed by atoms with Crippen molar-refractivity contribution in [3.8, 4) is 11.1 Å². The molecule has 1 atom stereocenters. The largest absolute Gasteiger partial charge is 0.480 e. The van der Waals surface area contributed by atoms with Crippen molar-refractivity contribution < 1.29 is 29.0 Å². The Bertz CT molecular complexity index is 900. The van der Waals surface area contributed by atoms with Gasteiger partial charge in [0.15, 0.2) is 0 Å². The fraction of sp³-hybridized carbons (Fsp3) is 0.348. The molecular weight excluding hydrogens is 400 g/mol. The number of rotatable bonds is 9. The van der Waals surface area contributed by atoms with Crippen LogP contribution < -0.4 is 10.6 Å². The van der Waals surface area contributed by atoms with Gasteiger partial charge < -0.3 is 25.2 Å². The summed E-state index contributed by atoms with van der Waals surface area (Å²) >= 11 is 0. The second-order valence-corrected chi connectivity index (χ2v) is 7.27. The molecule has 0 saturated carbocycles. The van der Waals surface area contributed by atoms with Crippen LogP contribution in [0.5, 0.6) is 0 Å². The zero-order valence-electron chi connectivity index (χ0n) is 17.3. The van der Waals surface area contributed by atoms with Crippen LogP contribution in [0.1, 0.15) is 36.3 Å². The average Bonchev–Trinajstić information content (AvgIpc) is 3.10. The van der Waals surface area contributed by atoms with Crippen molar-refractivity contribution in [2.75, 3.05) is 20.3 Å². The van der Waals surface area contributed by atoms with Gasteiger partial charge in [-0.3, -0.25) is 0 Å². The highest BCUT2D eigenvalue weighted by molar-refractivity contribution is 5.80. The second kappa shape index (κ2) is 10.5. The number of hydrogen-bond acceptors (Lipinski definition) is 5. The Hall–Kier alpha value is -3.55. The summed E-state index contributed by atoms with van der Waals surface area (Å²) in [5, 5.41) is 14.1. The molecule has 1 aliphatic carbocycles. The number of carboxylic acid groups (broad SMARTS) is 1. The van der Waals surface area contributed by atoms with Gasteiger partial charge in [-0.15, -0.1) is 0 Å². The number of unbranched alkanes of at least 4 members (excludes halogenated alkanes) is 1. The van der Waals surface area contributed by atoms with Gasteiger partial charge in [-0.2, -0.15) is 0 Å². The predicted molar refractivity (Wildman–Crippen MR) is 114 cm³/mol. The number of carboxylic acids is 1. The molecule has 0 heterocycles. The molecule has 1 aliphatic rings. The van der Waals surface area contributed by atoms with Gasteiger partial charge in [0.05, 0.1) is 7.11 Å². The highest BCUT2D eigenvalue weighted by Crippen LogP contribution is 2.44. The molecular formula is C23H26N2O6. The van der Waals surface area contributed by atoms with Gasteiger partial charge in [-0.05, 0) is 41.5 Å². The Balaban J connectivity index is 1.42. The summed E-state index contributed by atoms with van der Waals surface area (Å²) in [6.07, 6.45) is -0.00776. The van der Waals surface area contributed by atoms with E-state index in [1.807, 2.05) is 24.3 Å². The van der Waals surface area contributed by atoms with Crippen LogP contribution in [0.25, 0.3) is 11.1 Å². The SMILES string of the molecule is COC(=O)N[C@@H](CCCCNC(=O)OCC1c2ccccc2-c2ccccc21)C(=O)O. The van der Waals surface area contributed by atoms with Crippen LogP contribution >= 0.6 is 0 Å². The van der Waals surface area contributed by atoms with Crippen molar-refractivity contribution in [3.63, 3.8) is 0 Å². The number of aliphatic carboxylic acids is 1. The number of amides is 2. The zero-order valence-corrected chi connectivity index (χ0v) is 17.3. The number of carbonyl (C=O) groups is 3. The molecule has 0 unspecified atom stereocenters. The minimum absolute atomic E-state index is 0.00105. The van der Waals surface area contributed by atoms with Gasteiger partial charge in [-0.1, -0.05) is 48.5 Å². The molecule has 2 aromatic rings. The number of hydrogen-bond donors (Lipinski definition) is 3. The van der Waals surface area contributed by atoms with Gasteiger partial charge in [0.2, 0.25) is 0 Å². The van der Waals surface area contributed by atoms with Crippen LogP contribution in [-0.2, 0) is 14.3 Å². The second-order valence-electron chi connectivity index (χ2n) is 7.27. The van der Waals surface area contributed by atoms with E-state index in [9.17, 15) is 14.4 Å². The third kappa shape index (κ3) is 5.53. The third-order valence-corrected chi connectivity index (χ3v) is 5.31. The highest BCUT2D eigenvalue weighted by atomic mass is 16.5. The molecule has 31 heavy (non-hydrogen) atoms. The van der Waals surface area contributed by atoms with Crippen LogP contribution in [0.15, 0.2) is 48.5 Å². The molecule has 3 rings (SSSR count). The van der Waals surface area contributed by atoms with E-state index in [1.54, 1.807) is 0 Å². The lowest BCUT2D eigenvalue weighted by atomic mass is 9.98. The van der Waals surface area contributed by atoms with E-state index in [4.69, 9.17) is 9.84 Å². The lowest BCUT2D eigenvalue weighted by Crippen LogP contribution is -2.40. The minimum atomic E-state index is -1.13. The Morgan fingerprint density at radius 2 is 1.58 bits per heavy atom. The highest BCUT2D eigenvalue weighted by Gasteiger charge is 2.29. The van der Waals surface area contributed by atoms with Crippen LogP contribution in [0.3, 0.4) is 0 Å². The third-order valence-electron chi connectivity index (χ3n) is 5.31. The van der Waals surface area contributed by atoms with Crippen LogP contribution in [0.2, 0.25) is 0 Å². The number of benzene rings is 2. The fourth-order valence-electron chi connectivity index (χ4n) is 3.77. The Labute approximate surface area is 180 Å². The van der Waals surface area contributed by atoms with Gasteiger partial charge in [0.1, 0.15) is 12.6 Å². The van der Waals surface area contributed by atoms with Crippen molar-refractivity contribution in [2.24, 2.45) is 0 Å². The molecule has 0 saturated heterocycles. The number of fused-ring (bicyclic) bond motifs is 3. The summed E-state index contributed by atoms with van der Waals surface area (Å²) in [6.45, 7) is 0.589. The summed E-state index contributed by atoms with van der Waals surface area (Å²) in [6, 6.07) is 15.2. The van der Waals surface area contributed by atoms with Crippen molar-refractivity contribution >= 4 is 18.2 Å². The zero-order chi connectivity index (χ0) is 22.2. The molecule has 3 N–H and O–H groups in total. The molecule has 8 nitrogen and oxygen atoms in total. The minimum Gasteiger partial charge on any atom is -0.480 e. The first kappa shape index (κ1) is 22.1. The Morgan fingerprint density at radius 3 is 2.16 bits per heavy atom. The molecule has 0 radical (unpaired) electrons. The molecule has 0 aliphatic heterocycles. The lowest BCUT2D eigenvalue weighted by Gasteiger charge is -2.15. The summed E-state index contributed by atoms with van der Waals surface area (Å²) in [4.78, 5) is 34.4. The normalized spacial score (nSPS) is 12.9. The first-order valence-electron chi connectivity index (χ1n) is 10.2. The first-order valence-corrected chi connectivity index (χ1v) is 10.2. The maximum Gasteiger partial charge on any atom is 0.407 e. The number of nitrogens with one attached hydrogen (secondary N) is 2. The fourth-order valence-corrected chi connectivity index (χ4v) is 3.77. The van der Waals surface area contributed by atoms with Gasteiger partial charge >= 0.3 is 18.2 Å². The van der Waals surface area contributed by atoms with E-state index >= 15 is 0 Å². The van der Waals surface area contributed by atoms with E-state index in [2.05, 4.69) is 39.6 Å². The number of carbonyl (C=O) groups excluding carboxylic acids is 2. The Kier molecular flexibility index (Phi) is 7.48. The Morgan fingerprint density at radius 1 is 0.968 bits per heavy atom. The van der Waals surface area contributed by atoms with Crippen molar-refractivity contribution in [3.05, 3.63) is 59.7 Å². The van der Waals surface area contributed by atoms with Gasteiger partial charge in [0.25, 0.3) is 0 Å². The maximum atomic E-state index is 12.1. The van der Waals surface area contributed by atoms with Gasteiger partial charge in [0, 0.05) is 12.5 Å². The smallest absolute Gasteiger partial charge is 0.407 e. The summed E-state index contributed by atoms with van der Waals surface area (Å²) < 4.78 is 9.87. The molecule has 0 spiro atoms. The quantitative estimate of drug-likeness (QED) is 0.529. The van der Waals surface area contributed by atoms with Gasteiger partial charge in [-0.25, -0.2) is 14.4 Å². The number of ether oxygens (including phenoxy) is 2. The molecule has 164 valence electrons. The molecule has 8 heteroatoms. The predicted octanol–water partition coefficient (Wildman–Crippen LogP) is 3.50. The summed E-state index contributed by atoms with van der Waals surface area (Å²) in [5.74, 6) is -1.13. The monoisotopic (exact) mass is 426 g/mol. The first-order chi connectivity index (χ1) is 15.0. The van der Waals surface area contributed by atoms with Crippen LogP contribution in [0.4, 0.5) is 9.59 Å². The van der Waals surface area contributed by atoms with Crippen molar-refractivity contribution in [1.29, 1.82) is 0 Å². The molecule has 0 bridgehead atoms. The standard InChI is InChI=1S/C23H26N2O6/c1-30-23(29)25-20(21(26)27)12-6-7-13-24-22(28)31-14-19-17-10-4-2-8-15(17)16-9-3-5-11-18(16)19/h2-5,8-11,19-20H,6-7,12-14H2,1H3,(H,24,28)(H,25,29)(H,26,27)/t20-/m0/s1. The lowest BCUT2D eigenvalue weighted by molar-refractivity contribution is -0.139. The molecule has 2 aromatic carbocycles. The summed E-state index contributed by atoms with van der Waals surface area (Å²) in [5.41, 5.74) is 4.63. The number of alkyl carbamates (subject to hydrolysis) is 2. The maximum absolute atomic E-state index is 12.1. The summed E-state index contributed by atoms with van der Waals surface area (Å²) in [7, 11) is 1.17. The van der Waals surface area contributed by atoms with Crippen molar-refractivity contribution in [2.45, 2.75) is 31.2 Å². The van der Waals surface area contributed by atoms with E-state index in [0.717, 1.165) is 11.1 Å². The molecule has 0 aromatic heterocycles. The van der Waals surface area contributed by atoms with Crippen LogP contribution in [-0.4, -0.2) is 49.6 Å². The number of methoxy groups -OCH3 is 1. The van der Waals surface area contributed by atoms with E-state index in [1.165, 1.54) is 18.2 Å². The molecule has 2 amide bonds.